The number of aryl methyl sites for hydroxylation is 1. The van der Waals surface area contributed by atoms with Gasteiger partial charge in [-0.05, 0) is 24.6 Å². The monoisotopic (exact) mass is 401 g/mol. The molecule has 2 aromatic heterocycles. The molecular weight excluding hydrogens is 374 g/mol. The van der Waals surface area contributed by atoms with E-state index in [1.165, 1.54) is 5.56 Å². The first-order valence-electron chi connectivity index (χ1n) is 10.9. The van der Waals surface area contributed by atoms with Crippen LogP contribution in [0, 0.1) is 12.8 Å². The van der Waals surface area contributed by atoms with Gasteiger partial charge in [-0.2, -0.15) is 0 Å². The van der Waals surface area contributed by atoms with Crippen molar-refractivity contribution in [2.24, 2.45) is 5.92 Å². The average molecular weight is 402 g/mol. The molecule has 4 bridgehead atoms. The van der Waals surface area contributed by atoms with E-state index < -0.39 is 0 Å². The van der Waals surface area contributed by atoms with Crippen LogP contribution >= 0.6 is 0 Å². The lowest BCUT2D eigenvalue weighted by molar-refractivity contribution is 0.0179. The highest BCUT2D eigenvalue weighted by molar-refractivity contribution is 5.93. The summed E-state index contributed by atoms with van der Waals surface area (Å²) in [4.78, 5) is 23.2. The summed E-state index contributed by atoms with van der Waals surface area (Å²) in [6.07, 6.45) is 1.87. The van der Waals surface area contributed by atoms with Gasteiger partial charge in [-0.25, -0.2) is 4.98 Å². The third-order valence-electron chi connectivity index (χ3n) is 7.36. The summed E-state index contributed by atoms with van der Waals surface area (Å²) in [5.41, 5.74) is 3.65. The summed E-state index contributed by atoms with van der Waals surface area (Å²) in [7, 11) is 0. The van der Waals surface area contributed by atoms with Gasteiger partial charge >= 0.3 is 0 Å². The number of fused-ring (bicyclic) bond motifs is 2. The topological polar surface area (TPSA) is 52.9 Å². The smallest absolute Gasteiger partial charge is 0.271 e. The van der Waals surface area contributed by atoms with E-state index in [0.717, 1.165) is 50.6 Å². The Labute approximate surface area is 176 Å². The minimum atomic E-state index is -0.0797. The second-order valence-electron chi connectivity index (χ2n) is 9.23. The number of amides is 1. The van der Waals surface area contributed by atoms with Gasteiger partial charge in [0.25, 0.3) is 5.91 Å². The second kappa shape index (κ2) is 6.65. The van der Waals surface area contributed by atoms with E-state index in [4.69, 9.17) is 0 Å². The molecule has 0 saturated carbocycles. The van der Waals surface area contributed by atoms with Crippen LogP contribution in [0.1, 0.15) is 21.7 Å². The number of aromatic nitrogens is 2. The lowest BCUT2D eigenvalue weighted by Crippen LogP contribution is -2.70. The number of imidazole rings is 1. The van der Waals surface area contributed by atoms with Gasteiger partial charge in [0.1, 0.15) is 11.3 Å². The maximum atomic E-state index is 13.4. The number of benzene rings is 1. The number of nitrogens with zero attached hydrogens (tertiary/aromatic N) is 4. The lowest BCUT2D eigenvalue weighted by Gasteiger charge is -2.55. The lowest BCUT2D eigenvalue weighted by atomic mass is 9.64. The van der Waals surface area contributed by atoms with Crippen molar-refractivity contribution in [3.63, 3.8) is 0 Å². The van der Waals surface area contributed by atoms with Crippen LogP contribution in [-0.4, -0.2) is 70.4 Å². The molecule has 4 fully saturated rings. The third-order valence-corrected chi connectivity index (χ3v) is 7.36. The highest BCUT2D eigenvalue weighted by Crippen LogP contribution is 2.43. The van der Waals surface area contributed by atoms with Crippen molar-refractivity contribution in [1.82, 2.24) is 24.5 Å². The van der Waals surface area contributed by atoms with Crippen molar-refractivity contribution in [3.05, 3.63) is 71.7 Å². The molecule has 6 heteroatoms. The van der Waals surface area contributed by atoms with Gasteiger partial charge in [0.05, 0.1) is 0 Å². The highest BCUT2D eigenvalue weighted by Gasteiger charge is 2.55. The standard InChI is InChI=1S/C24H27N5O/c1-17-6-5-9-21-25-20(14-29(17)21)23(30)26-22-18-12-27-10-11-28(13-18)16-24(22,15-27)19-7-3-2-4-8-19/h2-9,14,18,22H,10-13,15-16H2,1H3,(H,26,30). The third kappa shape index (κ3) is 2.71. The van der Waals surface area contributed by atoms with Gasteiger partial charge in [0, 0.05) is 68.5 Å². The molecule has 3 unspecified atom stereocenters. The number of hydrogen-bond donors (Lipinski definition) is 1. The summed E-state index contributed by atoms with van der Waals surface area (Å²) in [5, 5.41) is 3.46. The van der Waals surface area contributed by atoms with Crippen molar-refractivity contribution < 1.29 is 4.79 Å². The Morgan fingerprint density at radius 2 is 1.77 bits per heavy atom. The Balaban J connectivity index is 1.38. The summed E-state index contributed by atoms with van der Waals surface area (Å²) < 4.78 is 1.99. The Morgan fingerprint density at radius 1 is 1.03 bits per heavy atom. The Bertz CT molecular complexity index is 1090. The average Bonchev–Trinajstić information content (AvgIpc) is 3.05. The van der Waals surface area contributed by atoms with Crippen molar-refractivity contribution in [1.29, 1.82) is 0 Å². The Kier molecular flexibility index (Phi) is 4.01. The van der Waals surface area contributed by atoms with Crippen molar-refractivity contribution >= 4 is 11.6 Å². The van der Waals surface area contributed by atoms with Crippen LogP contribution in [0.3, 0.4) is 0 Å². The zero-order chi connectivity index (χ0) is 20.3. The van der Waals surface area contributed by atoms with Crippen LogP contribution in [0.5, 0.6) is 0 Å². The van der Waals surface area contributed by atoms with Crippen LogP contribution in [0.2, 0.25) is 0 Å². The molecule has 30 heavy (non-hydrogen) atoms. The molecular formula is C24H27N5O. The van der Waals surface area contributed by atoms with Gasteiger partial charge < -0.3 is 19.5 Å². The summed E-state index contributed by atoms with van der Waals surface area (Å²) in [5.74, 6) is 0.368. The van der Waals surface area contributed by atoms with Crippen molar-refractivity contribution in [3.8, 4) is 0 Å². The molecule has 4 saturated heterocycles. The second-order valence-corrected chi connectivity index (χ2v) is 9.23. The number of carbonyl (C=O) groups excluding carboxylic acids is 1. The quantitative estimate of drug-likeness (QED) is 0.729. The predicted molar refractivity (Wildman–Crippen MR) is 116 cm³/mol. The van der Waals surface area contributed by atoms with Crippen LogP contribution in [0.4, 0.5) is 0 Å². The molecule has 4 aliphatic rings. The zero-order valence-corrected chi connectivity index (χ0v) is 17.3. The number of rotatable bonds is 3. The first-order chi connectivity index (χ1) is 14.6. The van der Waals surface area contributed by atoms with Crippen LogP contribution in [-0.2, 0) is 5.41 Å². The number of carbonyl (C=O) groups is 1. The van der Waals surface area contributed by atoms with E-state index in [2.05, 4.69) is 50.4 Å². The molecule has 154 valence electrons. The highest BCUT2D eigenvalue weighted by atomic mass is 16.2. The molecule has 6 heterocycles. The van der Waals surface area contributed by atoms with Crippen molar-refractivity contribution in [2.75, 3.05) is 39.3 Å². The largest absolute Gasteiger partial charge is 0.347 e. The van der Waals surface area contributed by atoms with E-state index in [1.54, 1.807) is 0 Å². The molecule has 6 nitrogen and oxygen atoms in total. The minimum absolute atomic E-state index is 0.0606. The molecule has 0 radical (unpaired) electrons. The first-order valence-corrected chi connectivity index (χ1v) is 10.9. The molecule has 7 rings (SSSR count). The van der Waals surface area contributed by atoms with Gasteiger partial charge in [-0.1, -0.05) is 36.4 Å². The summed E-state index contributed by atoms with van der Waals surface area (Å²) in [6, 6.07) is 16.9. The van der Waals surface area contributed by atoms with Gasteiger partial charge in [0.15, 0.2) is 0 Å². The number of hydrogen-bond acceptors (Lipinski definition) is 4. The normalized spacial score (nSPS) is 32.3. The fourth-order valence-electron chi connectivity index (χ4n) is 6.04. The van der Waals surface area contributed by atoms with Crippen molar-refractivity contribution in [2.45, 2.75) is 18.4 Å². The van der Waals surface area contributed by atoms with Crippen LogP contribution in [0.25, 0.3) is 5.65 Å². The molecule has 0 aliphatic carbocycles. The Hall–Kier alpha value is -2.70. The van der Waals surface area contributed by atoms with E-state index in [0.29, 0.717) is 11.6 Å². The Morgan fingerprint density at radius 3 is 2.47 bits per heavy atom. The summed E-state index contributed by atoms with van der Waals surface area (Å²) in [6.45, 7) is 8.39. The van der Waals surface area contributed by atoms with Crippen LogP contribution in [0.15, 0.2) is 54.7 Å². The number of piperidine rings is 2. The molecule has 1 aromatic carbocycles. The SMILES string of the molecule is Cc1cccc2nc(C(=O)NC3C4CN5CCN(C4)CC3(c3ccccc3)C5)cn12. The maximum Gasteiger partial charge on any atom is 0.271 e. The van der Waals surface area contributed by atoms with Gasteiger partial charge in [0.2, 0.25) is 0 Å². The summed E-state index contributed by atoms with van der Waals surface area (Å²) >= 11 is 0. The van der Waals surface area contributed by atoms with E-state index in [9.17, 15) is 4.79 Å². The molecule has 1 amide bonds. The van der Waals surface area contributed by atoms with Gasteiger partial charge in [-0.3, -0.25) is 4.79 Å². The number of nitrogens with one attached hydrogen (secondary N) is 1. The molecule has 3 aromatic rings. The fraction of sp³-hybridized carbons (Fsp3) is 0.417. The maximum absolute atomic E-state index is 13.4. The zero-order valence-electron chi connectivity index (χ0n) is 17.3. The number of pyridine rings is 1. The van der Waals surface area contributed by atoms with E-state index >= 15 is 0 Å². The molecule has 1 N–H and O–H groups in total. The minimum Gasteiger partial charge on any atom is -0.347 e. The molecule has 0 spiro atoms. The van der Waals surface area contributed by atoms with Crippen LogP contribution < -0.4 is 5.32 Å². The van der Waals surface area contributed by atoms with E-state index in [-0.39, 0.29) is 17.4 Å². The molecule has 3 atom stereocenters. The molecule has 4 aliphatic heterocycles. The fourth-order valence-corrected chi connectivity index (χ4v) is 6.04. The predicted octanol–water partition coefficient (Wildman–Crippen LogP) is 1.94. The van der Waals surface area contributed by atoms with E-state index in [1.807, 2.05) is 35.7 Å². The first kappa shape index (κ1) is 18.1. The van der Waals surface area contributed by atoms with Gasteiger partial charge in [-0.15, -0.1) is 0 Å².